The molecule has 1 nitrogen and oxygen atoms in total. The molecule has 1 rings (SSSR count). The van der Waals surface area contributed by atoms with Gasteiger partial charge < -0.3 is 5.32 Å². The molecule has 0 amide bonds. The first kappa shape index (κ1) is 12.8. The van der Waals surface area contributed by atoms with Crippen LogP contribution in [0.3, 0.4) is 0 Å². The predicted octanol–water partition coefficient (Wildman–Crippen LogP) is 3.61. The standard InChI is InChI=1S/C14H27N/c1-6-11(2)13(12-7-8-12)15-10-9-14(3,4)5/h6,11-13,15H,1,7-10H2,2-5H3. The van der Waals surface area contributed by atoms with Crippen LogP contribution >= 0.6 is 0 Å². The highest BCUT2D eigenvalue weighted by Gasteiger charge is 2.33. The maximum Gasteiger partial charge on any atom is 0.0155 e. The van der Waals surface area contributed by atoms with Crippen LogP contribution in [-0.2, 0) is 0 Å². The summed E-state index contributed by atoms with van der Waals surface area (Å²) < 4.78 is 0. The second-order valence-corrected chi connectivity index (χ2v) is 6.22. The maximum absolute atomic E-state index is 3.91. The summed E-state index contributed by atoms with van der Waals surface area (Å²) in [5.74, 6) is 1.52. The summed E-state index contributed by atoms with van der Waals surface area (Å²) in [6.45, 7) is 14.2. The van der Waals surface area contributed by atoms with Crippen molar-refractivity contribution in [2.75, 3.05) is 6.54 Å². The van der Waals surface area contributed by atoms with E-state index >= 15 is 0 Å². The normalized spacial score (nSPS) is 21.1. The summed E-state index contributed by atoms with van der Waals surface area (Å²) in [5.41, 5.74) is 0.443. The highest BCUT2D eigenvalue weighted by molar-refractivity contribution is 4.95. The number of nitrogens with one attached hydrogen (secondary N) is 1. The predicted molar refractivity (Wildman–Crippen MR) is 67.9 cm³/mol. The van der Waals surface area contributed by atoms with E-state index in [0.717, 1.165) is 12.5 Å². The van der Waals surface area contributed by atoms with E-state index in [1.807, 2.05) is 0 Å². The minimum atomic E-state index is 0.443. The van der Waals surface area contributed by atoms with Gasteiger partial charge in [-0.25, -0.2) is 0 Å². The smallest absolute Gasteiger partial charge is 0.0155 e. The van der Waals surface area contributed by atoms with Crippen LogP contribution in [0.5, 0.6) is 0 Å². The largest absolute Gasteiger partial charge is 0.313 e. The minimum Gasteiger partial charge on any atom is -0.313 e. The molecule has 88 valence electrons. The zero-order valence-corrected chi connectivity index (χ0v) is 10.8. The van der Waals surface area contributed by atoms with E-state index < -0.39 is 0 Å². The van der Waals surface area contributed by atoms with E-state index in [9.17, 15) is 0 Å². The third kappa shape index (κ3) is 4.83. The van der Waals surface area contributed by atoms with Crippen molar-refractivity contribution in [2.24, 2.45) is 17.3 Å². The molecular weight excluding hydrogens is 182 g/mol. The first-order valence-electron chi connectivity index (χ1n) is 6.30. The van der Waals surface area contributed by atoms with Crippen molar-refractivity contribution in [1.82, 2.24) is 5.32 Å². The SMILES string of the molecule is C=CC(C)C(NCCC(C)(C)C)C1CC1. The van der Waals surface area contributed by atoms with Crippen molar-refractivity contribution in [1.29, 1.82) is 0 Å². The van der Waals surface area contributed by atoms with E-state index in [1.165, 1.54) is 19.3 Å². The molecule has 0 aromatic carbocycles. The second-order valence-electron chi connectivity index (χ2n) is 6.22. The van der Waals surface area contributed by atoms with Gasteiger partial charge in [0.1, 0.15) is 0 Å². The Balaban J connectivity index is 2.29. The molecule has 0 aliphatic heterocycles. The first-order chi connectivity index (χ1) is 6.94. The average Bonchev–Trinajstić information content (AvgIpc) is 2.93. The molecule has 1 aliphatic rings. The molecule has 15 heavy (non-hydrogen) atoms. The van der Waals surface area contributed by atoms with Crippen LogP contribution < -0.4 is 5.32 Å². The quantitative estimate of drug-likeness (QED) is 0.659. The highest BCUT2D eigenvalue weighted by Crippen LogP contribution is 2.36. The third-order valence-corrected chi connectivity index (χ3v) is 3.32. The minimum absolute atomic E-state index is 0.443. The van der Waals surface area contributed by atoms with Gasteiger partial charge in [0.15, 0.2) is 0 Å². The Labute approximate surface area is 95.3 Å². The van der Waals surface area contributed by atoms with Crippen molar-refractivity contribution in [2.45, 2.75) is 53.0 Å². The Morgan fingerprint density at radius 3 is 2.40 bits per heavy atom. The van der Waals surface area contributed by atoms with Gasteiger partial charge in [0.25, 0.3) is 0 Å². The number of hydrogen-bond donors (Lipinski definition) is 1. The Bertz CT molecular complexity index is 198. The second kappa shape index (κ2) is 5.16. The summed E-state index contributed by atoms with van der Waals surface area (Å²) in [4.78, 5) is 0. The van der Waals surface area contributed by atoms with E-state index in [-0.39, 0.29) is 0 Å². The molecule has 0 spiro atoms. The molecule has 2 unspecified atom stereocenters. The molecule has 0 aromatic heterocycles. The van der Waals surface area contributed by atoms with Gasteiger partial charge in [0.2, 0.25) is 0 Å². The Morgan fingerprint density at radius 1 is 1.40 bits per heavy atom. The fraction of sp³-hybridized carbons (Fsp3) is 0.857. The van der Waals surface area contributed by atoms with Crippen LogP contribution in [-0.4, -0.2) is 12.6 Å². The monoisotopic (exact) mass is 209 g/mol. The first-order valence-corrected chi connectivity index (χ1v) is 6.30. The molecular formula is C14H27N. The van der Waals surface area contributed by atoms with Crippen LogP contribution in [0.2, 0.25) is 0 Å². The van der Waals surface area contributed by atoms with Gasteiger partial charge in [0.05, 0.1) is 0 Å². The zero-order valence-electron chi connectivity index (χ0n) is 10.8. The van der Waals surface area contributed by atoms with Crippen molar-refractivity contribution in [3.05, 3.63) is 12.7 Å². The Morgan fingerprint density at radius 2 is 2.00 bits per heavy atom. The van der Waals surface area contributed by atoms with Gasteiger partial charge in [0, 0.05) is 6.04 Å². The van der Waals surface area contributed by atoms with Crippen LogP contribution in [0, 0.1) is 17.3 Å². The molecule has 0 radical (unpaired) electrons. The van der Waals surface area contributed by atoms with Crippen molar-refractivity contribution in [3.8, 4) is 0 Å². The van der Waals surface area contributed by atoms with Gasteiger partial charge in [-0.3, -0.25) is 0 Å². The van der Waals surface area contributed by atoms with E-state index in [4.69, 9.17) is 0 Å². The molecule has 1 heteroatoms. The van der Waals surface area contributed by atoms with Crippen LogP contribution in [0.25, 0.3) is 0 Å². The molecule has 0 heterocycles. The number of hydrogen-bond acceptors (Lipinski definition) is 1. The lowest BCUT2D eigenvalue weighted by molar-refractivity contribution is 0.324. The molecule has 2 atom stereocenters. The summed E-state index contributed by atoms with van der Waals surface area (Å²) in [7, 11) is 0. The van der Waals surface area contributed by atoms with Gasteiger partial charge in [-0.05, 0) is 43.1 Å². The molecule has 0 bridgehead atoms. The third-order valence-electron chi connectivity index (χ3n) is 3.32. The van der Waals surface area contributed by atoms with Gasteiger partial charge in [-0.15, -0.1) is 6.58 Å². The van der Waals surface area contributed by atoms with Gasteiger partial charge in [-0.2, -0.15) is 0 Å². The molecule has 0 aromatic rings. The van der Waals surface area contributed by atoms with Crippen molar-refractivity contribution in [3.63, 3.8) is 0 Å². The molecule has 1 aliphatic carbocycles. The summed E-state index contributed by atoms with van der Waals surface area (Å²) in [6, 6.07) is 0.671. The van der Waals surface area contributed by atoms with E-state index in [2.05, 4.69) is 45.7 Å². The lowest BCUT2D eigenvalue weighted by Gasteiger charge is -2.25. The zero-order chi connectivity index (χ0) is 11.5. The van der Waals surface area contributed by atoms with Crippen molar-refractivity contribution >= 4 is 0 Å². The summed E-state index contributed by atoms with van der Waals surface area (Å²) in [6.07, 6.45) is 6.16. The van der Waals surface area contributed by atoms with Crippen LogP contribution in [0.1, 0.15) is 47.0 Å². The topological polar surface area (TPSA) is 12.0 Å². The highest BCUT2D eigenvalue weighted by atomic mass is 14.9. The van der Waals surface area contributed by atoms with Gasteiger partial charge >= 0.3 is 0 Å². The van der Waals surface area contributed by atoms with Crippen molar-refractivity contribution < 1.29 is 0 Å². The van der Waals surface area contributed by atoms with E-state index in [0.29, 0.717) is 17.4 Å². The molecule has 1 N–H and O–H groups in total. The maximum atomic E-state index is 3.91. The molecule has 1 saturated carbocycles. The Hall–Kier alpha value is -0.300. The van der Waals surface area contributed by atoms with E-state index in [1.54, 1.807) is 0 Å². The fourth-order valence-corrected chi connectivity index (χ4v) is 2.00. The summed E-state index contributed by atoms with van der Waals surface area (Å²) in [5, 5.41) is 3.72. The summed E-state index contributed by atoms with van der Waals surface area (Å²) >= 11 is 0. The average molecular weight is 209 g/mol. The number of rotatable bonds is 6. The lowest BCUT2D eigenvalue weighted by Crippen LogP contribution is -2.37. The lowest BCUT2D eigenvalue weighted by atomic mass is 9.91. The molecule has 0 saturated heterocycles. The van der Waals surface area contributed by atoms with Crippen LogP contribution in [0.4, 0.5) is 0 Å². The fourth-order valence-electron chi connectivity index (χ4n) is 2.00. The van der Waals surface area contributed by atoms with Gasteiger partial charge in [-0.1, -0.05) is 33.8 Å². The van der Waals surface area contributed by atoms with Crippen LogP contribution in [0.15, 0.2) is 12.7 Å². The Kier molecular flexibility index (Phi) is 4.39. The molecule has 1 fully saturated rings.